The molecule has 100 valence electrons. The number of halogens is 3. The lowest BCUT2D eigenvalue weighted by molar-refractivity contribution is 0.00254. The number of hydrogen-bond donors (Lipinski definition) is 1. The summed E-state index contributed by atoms with van der Waals surface area (Å²) in [4.78, 5) is 0. The van der Waals surface area contributed by atoms with Gasteiger partial charge < -0.3 is 5.11 Å². The van der Waals surface area contributed by atoms with Crippen LogP contribution in [-0.2, 0) is 0 Å². The maximum Gasteiger partial charge on any atom is 0.248 e. The number of aliphatic hydroxyl groups is 1. The Hall–Kier alpha value is -0.670. The van der Waals surface area contributed by atoms with E-state index in [2.05, 4.69) is 0 Å². The second-order valence-electron chi connectivity index (χ2n) is 5.28. The van der Waals surface area contributed by atoms with Gasteiger partial charge in [-0.3, -0.25) is 0 Å². The van der Waals surface area contributed by atoms with E-state index >= 15 is 0 Å². The van der Waals surface area contributed by atoms with Crippen molar-refractivity contribution in [2.45, 2.75) is 44.6 Å². The zero-order chi connectivity index (χ0) is 13.3. The van der Waals surface area contributed by atoms with Crippen LogP contribution in [0.3, 0.4) is 0 Å². The fraction of sp³-hybridized carbons (Fsp3) is 0.571. The van der Waals surface area contributed by atoms with Crippen molar-refractivity contribution in [3.8, 4) is 0 Å². The Morgan fingerprint density at radius 3 is 2.72 bits per heavy atom. The third kappa shape index (κ3) is 3.42. The Kier molecular flexibility index (Phi) is 3.93. The molecule has 1 aliphatic rings. The molecule has 1 aliphatic carbocycles. The van der Waals surface area contributed by atoms with Crippen molar-refractivity contribution < 1.29 is 13.9 Å². The molecule has 1 nitrogen and oxygen atoms in total. The molecule has 2 atom stereocenters. The van der Waals surface area contributed by atoms with Gasteiger partial charge in [0.2, 0.25) is 5.92 Å². The lowest BCUT2D eigenvalue weighted by Gasteiger charge is -2.17. The fourth-order valence-corrected chi connectivity index (χ4v) is 2.95. The summed E-state index contributed by atoms with van der Waals surface area (Å²) in [7, 11) is 0. The number of alkyl halides is 2. The Labute approximate surface area is 111 Å². The summed E-state index contributed by atoms with van der Waals surface area (Å²) in [6, 6.07) is 5.36. The van der Waals surface area contributed by atoms with Gasteiger partial charge in [0, 0.05) is 17.9 Å². The van der Waals surface area contributed by atoms with Crippen LogP contribution in [0, 0.1) is 12.8 Å². The molecule has 1 N–H and O–H groups in total. The van der Waals surface area contributed by atoms with Gasteiger partial charge in [0.25, 0.3) is 0 Å². The molecule has 1 fully saturated rings. The van der Waals surface area contributed by atoms with E-state index in [1.54, 1.807) is 6.07 Å². The summed E-state index contributed by atoms with van der Waals surface area (Å²) < 4.78 is 26.1. The predicted molar refractivity (Wildman–Crippen MR) is 68.1 cm³/mol. The highest BCUT2D eigenvalue weighted by atomic mass is 35.5. The van der Waals surface area contributed by atoms with Crippen molar-refractivity contribution in [1.82, 2.24) is 0 Å². The first-order chi connectivity index (χ1) is 8.35. The minimum atomic E-state index is -2.55. The van der Waals surface area contributed by atoms with Crippen LogP contribution in [-0.4, -0.2) is 11.0 Å². The lowest BCUT2D eigenvalue weighted by Crippen LogP contribution is -2.11. The van der Waals surface area contributed by atoms with Crippen molar-refractivity contribution in [2.24, 2.45) is 5.92 Å². The van der Waals surface area contributed by atoms with E-state index in [-0.39, 0.29) is 18.8 Å². The molecule has 4 heteroatoms. The van der Waals surface area contributed by atoms with Gasteiger partial charge in [0.15, 0.2) is 0 Å². The Morgan fingerprint density at radius 1 is 1.44 bits per heavy atom. The van der Waals surface area contributed by atoms with E-state index in [0.717, 1.165) is 11.1 Å². The average Bonchev–Trinajstić information content (AvgIpc) is 2.56. The maximum atomic E-state index is 13.1. The van der Waals surface area contributed by atoms with Gasteiger partial charge in [-0.1, -0.05) is 17.7 Å². The first-order valence-electron chi connectivity index (χ1n) is 6.19. The van der Waals surface area contributed by atoms with Gasteiger partial charge in [-0.2, -0.15) is 0 Å². The molecule has 0 bridgehead atoms. The quantitative estimate of drug-likeness (QED) is 0.860. The largest absolute Gasteiger partial charge is 0.388 e. The van der Waals surface area contributed by atoms with Crippen molar-refractivity contribution >= 4 is 11.6 Å². The van der Waals surface area contributed by atoms with Crippen LogP contribution >= 0.6 is 11.6 Å². The summed E-state index contributed by atoms with van der Waals surface area (Å²) in [5.74, 6) is -2.65. The number of rotatable bonds is 3. The molecule has 0 aliphatic heterocycles. The summed E-state index contributed by atoms with van der Waals surface area (Å²) >= 11 is 5.93. The smallest absolute Gasteiger partial charge is 0.248 e. The van der Waals surface area contributed by atoms with Crippen molar-refractivity contribution in [3.63, 3.8) is 0 Å². The van der Waals surface area contributed by atoms with E-state index < -0.39 is 12.0 Å². The highest BCUT2D eigenvalue weighted by Gasteiger charge is 2.39. The summed E-state index contributed by atoms with van der Waals surface area (Å²) in [5.41, 5.74) is 1.68. The molecule has 0 heterocycles. The molecule has 1 aromatic carbocycles. The Bertz CT molecular complexity index is 414. The van der Waals surface area contributed by atoms with E-state index in [9.17, 15) is 13.9 Å². The highest BCUT2D eigenvalue weighted by Crippen LogP contribution is 2.42. The highest BCUT2D eigenvalue weighted by molar-refractivity contribution is 6.30. The maximum absolute atomic E-state index is 13.1. The fourth-order valence-electron chi connectivity index (χ4n) is 2.65. The Morgan fingerprint density at radius 2 is 2.17 bits per heavy atom. The van der Waals surface area contributed by atoms with Crippen molar-refractivity contribution in [3.05, 3.63) is 34.3 Å². The number of aryl methyl sites for hydroxylation is 1. The third-order valence-corrected chi connectivity index (χ3v) is 3.73. The summed E-state index contributed by atoms with van der Waals surface area (Å²) in [5, 5.41) is 10.7. The minimum absolute atomic E-state index is 0.0566. The molecule has 1 aromatic rings. The second-order valence-corrected chi connectivity index (χ2v) is 5.71. The van der Waals surface area contributed by atoms with Crippen LogP contribution in [0.15, 0.2) is 18.2 Å². The molecule has 0 amide bonds. The predicted octanol–water partition coefficient (Wildman–Crippen LogP) is 4.51. The van der Waals surface area contributed by atoms with Gasteiger partial charge in [-0.15, -0.1) is 0 Å². The molecular weight excluding hydrogens is 258 g/mol. The molecule has 0 saturated heterocycles. The van der Waals surface area contributed by atoms with E-state index in [1.807, 2.05) is 19.1 Å². The van der Waals surface area contributed by atoms with E-state index in [4.69, 9.17) is 11.6 Å². The molecular formula is C14H17ClF2O. The first-order valence-corrected chi connectivity index (χ1v) is 6.56. The zero-order valence-electron chi connectivity index (χ0n) is 10.3. The van der Waals surface area contributed by atoms with Crippen LogP contribution in [0.25, 0.3) is 0 Å². The van der Waals surface area contributed by atoms with Gasteiger partial charge in [0.1, 0.15) is 0 Å². The van der Waals surface area contributed by atoms with Crippen LogP contribution in [0.4, 0.5) is 8.78 Å². The normalized spacial score (nSPS) is 24.2. The minimum Gasteiger partial charge on any atom is -0.388 e. The van der Waals surface area contributed by atoms with Gasteiger partial charge in [0.05, 0.1) is 6.10 Å². The van der Waals surface area contributed by atoms with Gasteiger partial charge >= 0.3 is 0 Å². The standard InChI is InChI=1S/C14H17ClF2O/c1-9-4-11(7-12(15)5-9)13(18)6-10-2-3-14(16,17)8-10/h4-5,7,10,13,18H,2-3,6,8H2,1H3. The van der Waals surface area contributed by atoms with E-state index in [0.29, 0.717) is 17.9 Å². The molecule has 2 rings (SSSR count). The van der Waals surface area contributed by atoms with Crippen molar-refractivity contribution in [1.29, 1.82) is 0 Å². The van der Waals surface area contributed by atoms with Crippen LogP contribution in [0.5, 0.6) is 0 Å². The topological polar surface area (TPSA) is 20.2 Å². The zero-order valence-corrected chi connectivity index (χ0v) is 11.1. The molecule has 0 radical (unpaired) electrons. The molecule has 18 heavy (non-hydrogen) atoms. The molecule has 2 unspecified atom stereocenters. The van der Waals surface area contributed by atoms with Crippen LogP contribution < -0.4 is 0 Å². The third-order valence-electron chi connectivity index (χ3n) is 3.51. The molecule has 1 saturated carbocycles. The SMILES string of the molecule is Cc1cc(Cl)cc(C(O)CC2CCC(F)(F)C2)c1. The van der Waals surface area contributed by atoms with Crippen LogP contribution in [0.1, 0.15) is 42.9 Å². The monoisotopic (exact) mass is 274 g/mol. The van der Waals surface area contributed by atoms with Gasteiger partial charge in [-0.25, -0.2) is 8.78 Å². The molecule has 0 aromatic heterocycles. The van der Waals surface area contributed by atoms with Gasteiger partial charge in [-0.05, 0) is 48.9 Å². The lowest BCUT2D eigenvalue weighted by atomic mass is 9.95. The number of hydrogen-bond acceptors (Lipinski definition) is 1. The van der Waals surface area contributed by atoms with E-state index in [1.165, 1.54) is 0 Å². The summed E-state index contributed by atoms with van der Waals surface area (Å²) in [6.45, 7) is 1.89. The number of aliphatic hydroxyl groups excluding tert-OH is 1. The van der Waals surface area contributed by atoms with Crippen molar-refractivity contribution in [2.75, 3.05) is 0 Å². The second kappa shape index (κ2) is 5.14. The summed E-state index contributed by atoms with van der Waals surface area (Å²) in [6.07, 6.45) is 0.00274. The Balaban J connectivity index is 2.01. The molecule has 0 spiro atoms. The van der Waals surface area contributed by atoms with Crippen LogP contribution in [0.2, 0.25) is 5.02 Å². The average molecular weight is 275 g/mol. The number of benzene rings is 1. The first kappa shape index (κ1) is 13.8.